The summed E-state index contributed by atoms with van der Waals surface area (Å²) in [4.78, 5) is 2.39. The molecule has 0 aliphatic carbocycles. The van der Waals surface area contributed by atoms with E-state index in [9.17, 15) is 0 Å². The topological polar surface area (TPSA) is 8.17 Å². The van der Waals surface area contributed by atoms with Gasteiger partial charge in [-0.05, 0) is 107 Å². The van der Waals surface area contributed by atoms with Crippen molar-refractivity contribution in [2.24, 2.45) is 0 Å². The fourth-order valence-corrected chi connectivity index (χ4v) is 8.12. The Kier molecular flexibility index (Phi) is 12.9. The van der Waals surface area contributed by atoms with Gasteiger partial charge in [0.05, 0.1) is 5.52 Å². The van der Waals surface area contributed by atoms with Crippen molar-refractivity contribution in [3.8, 4) is 22.3 Å². The van der Waals surface area contributed by atoms with Crippen LogP contribution in [-0.2, 0) is 13.0 Å². The van der Waals surface area contributed by atoms with Gasteiger partial charge in [-0.2, -0.15) is 0 Å². The second kappa shape index (κ2) is 19.6. The van der Waals surface area contributed by atoms with Crippen LogP contribution in [0.5, 0.6) is 0 Å². The van der Waals surface area contributed by atoms with Crippen molar-refractivity contribution in [2.75, 3.05) is 4.90 Å². The molecule has 0 spiro atoms. The Morgan fingerprint density at radius 1 is 0.508 bits per heavy atom. The zero-order chi connectivity index (χ0) is 41.8. The molecule has 0 aliphatic rings. The number of rotatable bonds is 13. The lowest BCUT2D eigenvalue weighted by atomic mass is 9.98. The van der Waals surface area contributed by atoms with Crippen LogP contribution in [0, 0.1) is 6.92 Å². The van der Waals surface area contributed by atoms with Crippen molar-refractivity contribution in [1.29, 1.82) is 0 Å². The summed E-state index contributed by atoms with van der Waals surface area (Å²) in [6, 6.07) is 64.2. The van der Waals surface area contributed by atoms with Gasteiger partial charge in [0.2, 0.25) is 0 Å². The highest BCUT2D eigenvalue weighted by molar-refractivity contribution is 6.15. The van der Waals surface area contributed by atoms with E-state index < -0.39 is 0 Å². The third-order valence-electron chi connectivity index (χ3n) is 11.1. The largest absolute Gasteiger partial charge is 0.337 e. The predicted octanol–water partition coefficient (Wildman–Crippen LogP) is 16.5. The third-order valence-corrected chi connectivity index (χ3v) is 11.1. The molecule has 0 saturated heterocycles. The van der Waals surface area contributed by atoms with Crippen molar-refractivity contribution in [3.63, 3.8) is 0 Å². The fraction of sp³-hybridized carbons (Fsp3) is 0.0847. The summed E-state index contributed by atoms with van der Waals surface area (Å²) in [5, 5.41) is 4.94. The summed E-state index contributed by atoms with van der Waals surface area (Å²) in [5.74, 6) is 0. The van der Waals surface area contributed by atoms with Crippen LogP contribution in [0.15, 0.2) is 237 Å². The molecule has 0 aliphatic heterocycles. The van der Waals surface area contributed by atoms with E-state index in [4.69, 9.17) is 0 Å². The normalized spacial score (nSPS) is 11.8. The molecule has 0 bridgehead atoms. The molecule has 8 rings (SSSR count). The van der Waals surface area contributed by atoms with E-state index in [0.29, 0.717) is 0 Å². The standard InChI is InChI=1S/C59H52N2/c1-4-6-8-10-12-22-46-23-18-29-53(43-46)61(52-39-37-49(38-40-52)50-27-19-26-47-24-13-14-25-48(47)36-35-45(3)42-50)54-30-20-28-51(44-54)55-32-21-34-58-59(55)56-31-15-16-33-57(56)60(58)41-17-11-9-7-5-2/h5-21,23-40,42-44H,2,4,22,41H2,1,3H3/b8-6-,9-7-,12-10-,17-11-,26-19?,27-19?,36-35?,45-35?,45-42?,47-26?,48-36?,50-27?,50-42?. The maximum Gasteiger partial charge on any atom is 0.0500 e. The molecule has 298 valence electrons. The Hall–Kier alpha value is -7.42. The van der Waals surface area contributed by atoms with Crippen LogP contribution in [0.3, 0.4) is 0 Å². The fourth-order valence-electron chi connectivity index (χ4n) is 8.12. The SMILES string of the molecule is C=C/C=C\C=C/Cn1c2ccccc2c2c(-c3cccc(N(c4ccc(-c5cccc6ccccc6ccc(C)c5)cc4)c4cccc(C/C=C\C=C/CC)c4)c3)cccc21. The molecule has 2 nitrogen and oxygen atoms in total. The van der Waals surface area contributed by atoms with E-state index in [0.717, 1.165) is 42.0 Å². The summed E-state index contributed by atoms with van der Waals surface area (Å²) in [6.07, 6.45) is 20.7. The lowest BCUT2D eigenvalue weighted by Gasteiger charge is -2.27. The van der Waals surface area contributed by atoms with Crippen LogP contribution in [0.1, 0.15) is 24.5 Å². The molecule has 0 fully saturated rings. The number of fused-ring (bicyclic) bond motifs is 4. The van der Waals surface area contributed by atoms with Crippen LogP contribution in [0.2, 0.25) is 0 Å². The van der Waals surface area contributed by atoms with Gasteiger partial charge < -0.3 is 9.47 Å². The van der Waals surface area contributed by atoms with E-state index >= 15 is 0 Å². The average Bonchev–Trinajstić information content (AvgIpc) is 3.62. The first-order valence-electron chi connectivity index (χ1n) is 21.3. The molecule has 0 unspecified atom stereocenters. The number of anilines is 3. The minimum absolute atomic E-state index is 0.770. The molecule has 0 amide bonds. The number of hydrogen-bond donors (Lipinski definition) is 0. The second-order valence-corrected chi connectivity index (χ2v) is 15.3. The number of nitrogens with zero attached hydrogens (tertiary/aromatic N) is 2. The van der Waals surface area contributed by atoms with E-state index in [1.165, 1.54) is 60.4 Å². The number of allylic oxidation sites excluding steroid dienone is 9. The van der Waals surface area contributed by atoms with Crippen molar-refractivity contribution in [3.05, 3.63) is 248 Å². The van der Waals surface area contributed by atoms with Crippen molar-refractivity contribution in [1.82, 2.24) is 4.57 Å². The number of hydrogen-bond acceptors (Lipinski definition) is 1. The summed E-state index contributed by atoms with van der Waals surface area (Å²) in [7, 11) is 0. The quantitative estimate of drug-likeness (QED) is 0.106. The maximum atomic E-state index is 3.80. The Morgan fingerprint density at radius 2 is 1.18 bits per heavy atom. The number of para-hydroxylation sites is 1. The highest BCUT2D eigenvalue weighted by atomic mass is 15.1. The first-order valence-corrected chi connectivity index (χ1v) is 21.3. The molecule has 1 aromatic heterocycles. The van der Waals surface area contributed by atoms with Gasteiger partial charge in [-0.15, -0.1) is 0 Å². The number of benzene rings is 6. The van der Waals surface area contributed by atoms with Gasteiger partial charge in [-0.1, -0.05) is 201 Å². The summed E-state index contributed by atoms with van der Waals surface area (Å²) in [6.45, 7) is 8.90. The van der Waals surface area contributed by atoms with Crippen molar-refractivity contribution < 1.29 is 0 Å². The first kappa shape index (κ1) is 40.4. The molecular formula is C59H52N2. The molecular weight excluding hydrogens is 737 g/mol. The molecule has 8 aromatic rings. The monoisotopic (exact) mass is 788 g/mol. The minimum atomic E-state index is 0.770. The Morgan fingerprint density at radius 3 is 2.02 bits per heavy atom. The maximum absolute atomic E-state index is 3.80. The van der Waals surface area contributed by atoms with Crippen LogP contribution in [0.4, 0.5) is 17.1 Å². The minimum Gasteiger partial charge on any atom is -0.337 e. The second-order valence-electron chi connectivity index (χ2n) is 15.3. The van der Waals surface area contributed by atoms with Gasteiger partial charge in [0.25, 0.3) is 0 Å². The van der Waals surface area contributed by atoms with Gasteiger partial charge in [-0.3, -0.25) is 0 Å². The molecule has 61 heavy (non-hydrogen) atoms. The molecule has 0 N–H and O–H groups in total. The smallest absolute Gasteiger partial charge is 0.0500 e. The lowest BCUT2D eigenvalue weighted by Crippen LogP contribution is -2.10. The first-order chi connectivity index (χ1) is 30.1. The number of aryl methyl sites for hydroxylation is 1. The lowest BCUT2D eigenvalue weighted by molar-refractivity contribution is 0.899. The molecule has 2 heteroatoms. The van der Waals surface area contributed by atoms with E-state index in [1.807, 2.05) is 12.2 Å². The van der Waals surface area contributed by atoms with Crippen molar-refractivity contribution in [2.45, 2.75) is 33.2 Å². The van der Waals surface area contributed by atoms with E-state index in [2.05, 4.69) is 242 Å². The van der Waals surface area contributed by atoms with Crippen LogP contribution < -0.4 is 4.90 Å². The third kappa shape index (κ3) is 9.41. The molecule has 0 saturated carbocycles. The zero-order valence-electron chi connectivity index (χ0n) is 35.2. The Labute approximate surface area is 361 Å². The molecule has 7 aromatic carbocycles. The van der Waals surface area contributed by atoms with Gasteiger partial charge >= 0.3 is 0 Å². The average molecular weight is 789 g/mol. The van der Waals surface area contributed by atoms with Crippen LogP contribution in [-0.4, -0.2) is 4.57 Å². The van der Waals surface area contributed by atoms with E-state index in [1.54, 1.807) is 6.08 Å². The summed E-state index contributed by atoms with van der Waals surface area (Å²) in [5.41, 5.74) is 12.9. The highest BCUT2D eigenvalue weighted by Crippen LogP contribution is 2.41. The molecule has 1 heterocycles. The Bertz CT molecular complexity index is 2990. The van der Waals surface area contributed by atoms with Crippen molar-refractivity contribution >= 4 is 49.6 Å². The van der Waals surface area contributed by atoms with Crippen LogP contribution >= 0.6 is 0 Å². The van der Waals surface area contributed by atoms with Gasteiger partial charge in [-0.25, -0.2) is 0 Å². The van der Waals surface area contributed by atoms with Gasteiger partial charge in [0.15, 0.2) is 0 Å². The summed E-state index contributed by atoms with van der Waals surface area (Å²) < 4.78 is 2.42. The van der Waals surface area contributed by atoms with Gasteiger partial charge in [0.1, 0.15) is 0 Å². The van der Waals surface area contributed by atoms with Gasteiger partial charge in [0, 0.05) is 39.9 Å². The van der Waals surface area contributed by atoms with E-state index in [-0.39, 0.29) is 0 Å². The predicted molar refractivity (Wildman–Crippen MR) is 266 cm³/mol. The molecule has 0 atom stereocenters. The van der Waals surface area contributed by atoms with Crippen LogP contribution in [0.25, 0.3) is 54.8 Å². The Balaban J connectivity index is 1.22. The molecule has 0 radical (unpaired) electrons. The number of aromatic nitrogens is 1. The zero-order valence-corrected chi connectivity index (χ0v) is 35.2. The summed E-state index contributed by atoms with van der Waals surface area (Å²) >= 11 is 0. The highest BCUT2D eigenvalue weighted by Gasteiger charge is 2.17.